The second kappa shape index (κ2) is 12.1. The van der Waals surface area contributed by atoms with E-state index in [0.29, 0.717) is 18.9 Å². The molecule has 1 heterocycles. The summed E-state index contributed by atoms with van der Waals surface area (Å²) in [5.41, 5.74) is 0.242. The molecule has 3 rings (SSSR count). The maximum Gasteiger partial charge on any atom is 0.407 e. The quantitative estimate of drug-likeness (QED) is 0.322. The van der Waals surface area contributed by atoms with E-state index in [4.69, 9.17) is 18.5 Å². The Labute approximate surface area is 206 Å². The molecule has 0 spiro atoms. The minimum absolute atomic E-state index is 0.0316. The molecule has 1 saturated carbocycles. The summed E-state index contributed by atoms with van der Waals surface area (Å²) in [6, 6.07) is 8.59. The Kier molecular flexibility index (Phi) is 9.47. The summed E-state index contributed by atoms with van der Waals surface area (Å²) in [7, 11) is -3.97. The molecule has 1 amide bonds. The highest BCUT2D eigenvalue weighted by atomic mass is 31.2. The van der Waals surface area contributed by atoms with Crippen LogP contribution in [0, 0.1) is 11.3 Å². The molecule has 3 atom stereocenters. The van der Waals surface area contributed by atoms with Crippen LogP contribution in [0.15, 0.2) is 30.3 Å². The fourth-order valence-electron chi connectivity index (χ4n) is 3.39. The van der Waals surface area contributed by atoms with Crippen molar-refractivity contribution in [3.8, 4) is 0 Å². The van der Waals surface area contributed by atoms with E-state index in [0.717, 1.165) is 18.4 Å². The molecule has 1 aromatic rings. The van der Waals surface area contributed by atoms with Gasteiger partial charge in [0.05, 0.1) is 26.2 Å². The van der Waals surface area contributed by atoms with E-state index in [1.165, 1.54) is 6.92 Å². The van der Waals surface area contributed by atoms with Crippen molar-refractivity contribution in [2.45, 2.75) is 58.6 Å². The van der Waals surface area contributed by atoms with E-state index in [1.807, 2.05) is 30.3 Å². The van der Waals surface area contributed by atoms with Crippen LogP contribution in [0.25, 0.3) is 0 Å². The van der Waals surface area contributed by atoms with Crippen molar-refractivity contribution in [1.29, 1.82) is 0 Å². The minimum Gasteiger partial charge on any atom is -0.465 e. The van der Waals surface area contributed by atoms with Crippen molar-refractivity contribution in [3.63, 3.8) is 0 Å². The lowest BCUT2D eigenvalue weighted by molar-refractivity contribution is -0.145. The summed E-state index contributed by atoms with van der Waals surface area (Å²) in [6.07, 6.45) is 1.63. The Bertz CT molecular complexity index is 935. The van der Waals surface area contributed by atoms with Crippen LogP contribution in [-0.4, -0.2) is 56.4 Å². The number of carbonyl (C=O) groups is 3. The van der Waals surface area contributed by atoms with Crippen LogP contribution < -0.4 is 10.4 Å². The monoisotopic (exact) mass is 510 g/mol. The average molecular weight is 511 g/mol. The van der Waals surface area contributed by atoms with Gasteiger partial charge in [0.1, 0.15) is 6.04 Å². The zero-order chi connectivity index (χ0) is 25.5. The highest BCUT2D eigenvalue weighted by molar-refractivity contribution is 7.51. The number of hydrogen-bond donors (Lipinski definition) is 2. The fourth-order valence-corrected chi connectivity index (χ4v) is 5.32. The Morgan fingerprint density at radius 1 is 1.17 bits per heavy atom. The third kappa shape index (κ3) is 8.72. The molecule has 0 aromatic heterocycles. The Hall–Kier alpha value is -2.26. The van der Waals surface area contributed by atoms with Gasteiger partial charge in [0.2, 0.25) is 5.91 Å². The van der Waals surface area contributed by atoms with Gasteiger partial charge in [-0.2, -0.15) is 0 Å². The predicted octanol–water partition coefficient (Wildman–Crippen LogP) is 2.76. The summed E-state index contributed by atoms with van der Waals surface area (Å²) in [4.78, 5) is 36.9. The maximum absolute atomic E-state index is 13.2. The summed E-state index contributed by atoms with van der Waals surface area (Å²) in [5, 5.41) is 5.19. The number of esters is 2. The summed E-state index contributed by atoms with van der Waals surface area (Å²) < 4.78 is 34.6. The van der Waals surface area contributed by atoms with Crippen molar-refractivity contribution in [1.82, 2.24) is 10.4 Å². The maximum atomic E-state index is 13.2. The van der Waals surface area contributed by atoms with Gasteiger partial charge >= 0.3 is 19.7 Å². The van der Waals surface area contributed by atoms with Crippen molar-refractivity contribution in [2.24, 2.45) is 11.3 Å². The first-order chi connectivity index (χ1) is 16.6. The van der Waals surface area contributed by atoms with Crippen LogP contribution in [0.3, 0.4) is 0 Å². The molecule has 0 bridgehead atoms. The van der Waals surface area contributed by atoms with E-state index >= 15 is 0 Å². The molecule has 1 aromatic carbocycles. The third-order valence-corrected chi connectivity index (χ3v) is 7.45. The molecule has 2 N–H and O–H groups in total. The van der Waals surface area contributed by atoms with Gasteiger partial charge in [0, 0.05) is 18.4 Å². The smallest absolute Gasteiger partial charge is 0.407 e. The van der Waals surface area contributed by atoms with Crippen LogP contribution in [0.1, 0.15) is 45.6 Å². The number of amides is 1. The van der Waals surface area contributed by atoms with Crippen LogP contribution in [-0.2, 0) is 43.9 Å². The molecule has 35 heavy (non-hydrogen) atoms. The van der Waals surface area contributed by atoms with Gasteiger partial charge < -0.3 is 14.8 Å². The molecule has 2 unspecified atom stereocenters. The molecular formula is C24H35N2O8P. The van der Waals surface area contributed by atoms with Crippen molar-refractivity contribution in [3.05, 3.63) is 35.9 Å². The molecule has 10 nitrogen and oxygen atoms in total. The minimum atomic E-state index is -3.97. The van der Waals surface area contributed by atoms with Crippen molar-refractivity contribution < 1.29 is 37.5 Å². The standard InChI is InChI=1S/C24H35N2O8P/c1-17(23(29)31-14-12-18-7-5-4-6-8-18)26-35(30)33-16-24(2,3)21(34-35)22(28)25-13-11-20(27)32-15-19-9-10-19/h4-8,17,19,21H,9-16H2,1-3H3,(H,25,28)(H,26,30)/t17?,21-,35?/m0/s1. The second-order valence-electron chi connectivity index (χ2n) is 9.67. The summed E-state index contributed by atoms with van der Waals surface area (Å²) in [6.45, 7) is 5.60. The normalized spacial score (nSPS) is 24.3. The highest BCUT2D eigenvalue weighted by Gasteiger charge is 2.49. The topological polar surface area (TPSA) is 129 Å². The molecule has 1 aliphatic heterocycles. The Morgan fingerprint density at radius 3 is 2.57 bits per heavy atom. The number of rotatable bonds is 12. The lowest BCUT2D eigenvalue weighted by Gasteiger charge is -2.40. The van der Waals surface area contributed by atoms with E-state index < -0.39 is 37.2 Å². The van der Waals surface area contributed by atoms with Gasteiger partial charge in [-0.3, -0.25) is 23.4 Å². The second-order valence-corrected chi connectivity index (χ2v) is 11.4. The van der Waals surface area contributed by atoms with Gasteiger partial charge in [-0.1, -0.05) is 44.2 Å². The van der Waals surface area contributed by atoms with Crippen molar-refractivity contribution in [2.75, 3.05) is 26.4 Å². The number of nitrogens with one attached hydrogen (secondary N) is 2. The van der Waals surface area contributed by atoms with Crippen molar-refractivity contribution >= 4 is 25.6 Å². The lowest BCUT2D eigenvalue weighted by atomic mass is 9.87. The first-order valence-electron chi connectivity index (χ1n) is 11.9. The number of benzene rings is 1. The van der Waals surface area contributed by atoms with Crippen LogP contribution in [0.2, 0.25) is 0 Å². The van der Waals surface area contributed by atoms with E-state index in [1.54, 1.807) is 13.8 Å². The van der Waals surface area contributed by atoms with Gasteiger partial charge in [-0.05, 0) is 31.2 Å². The molecule has 1 saturated heterocycles. The van der Waals surface area contributed by atoms with Crippen LogP contribution >= 0.6 is 7.75 Å². The summed E-state index contributed by atoms with van der Waals surface area (Å²) >= 11 is 0. The SMILES string of the molecule is CC(NP1(=O)OCC(C)(C)[C@H](C(=O)NCCC(=O)OCC2CC2)O1)C(=O)OCCc1ccccc1. The van der Waals surface area contributed by atoms with Gasteiger partial charge in [0.25, 0.3) is 0 Å². The number of hydrogen-bond acceptors (Lipinski definition) is 8. The molecule has 2 fully saturated rings. The number of ether oxygens (including phenoxy) is 2. The molecule has 2 aliphatic rings. The van der Waals surface area contributed by atoms with Gasteiger partial charge in [-0.25, -0.2) is 9.65 Å². The predicted molar refractivity (Wildman–Crippen MR) is 127 cm³/mol. The van der Waals surface area contributed by atoms with E-state index in [-0.39, 0.29) is 32.1 Å². The highest BCUT2D eigenvalue weighted by Crippen LogP contribution is 2.53. The lowest BCUT2D eigenvalue weighted by Crippen LogP contribution is -2.51. The first kappa shape index (κ1) is 27.3. The average Bonchev–Trinajstić information content (AvgIpc) is 3.65. The summed E-state index contributed by atoms with van der Waals surface area (Å²) in [5.74, 6) is -1.04. The molecular weight excluding hydrogens is 475 g/mol. The van der Waals surface area contributed by atoms with Crippen LogP contribution in [0.4, 0.5) is 0 Å². The zero-order valence-corrected chi connectivity index (χ0v) is 21.4. The van der Waals surface area contributed by atoms with Crippen LogP contribution in [0.5, 0.6) is 0 Å². The third-order valence-electron chi connectivity index (χ3n) is 5.79. The molecule has 11 heteroatoms. The van der Waals surface area contributed by atoms with E-state index in [2.05, 4.69) is 10.4 Å². The van der Waals surface area contributed by atoms with Gasteiger partial charge in [-0.15, -0.1) is 0 Å². The largest absolute Gasteiger partial charge is 0.465 e. The zero-order valence-electron chi connectivity index (χ0n) is 20.5. The molecule has 1 aliphatic carbocycles. The molecule has 0 radical (unpaired) electrons. The molecule has 194 valence electrons. The fraction of sp³-hybridized carbons (Fsp3) is 0.625. The van der Waals surface area contributed by atoms with E-state index in [9.17, 15) is 18.9 Å². The number of carbonyl (C=O) groups excluding carboxylic acids is 3. The van der Waals surface area contributed by atoms with Gasteiger partial charge in [0.15, 0.2) is 6.10 Å². The Morgan fingerprint density at radius 2 is 1.89 bits per heavy atom. The first-order valence-corrected chi connectivity index (χ1v) is 13.5. The Balaban J connectivity index is 1.45.